The first-order valence-corrected chi connectivity index (χ1v) is 10.5. The smallest absolute Gasteiger partial charge is 0.326 e. The minimum atomic E-state index is -4.80. The molecule has 3 aromatic rings. The van der Waals surface area contributed by atoms with Crippen LogP contribution in [0.25, 0.3) is 5.69 Å². The van der Waals surface area contributed by atoms with Crippen LogP contribution >= 0.6 is 11.6 Å². The van der Waals surface area contributed by atoms with E-state index in [0.717, 1.165) is 17.8 Å². The molecule has 0 spiro atoms. The molecule has 8 nitrogen and oxygen atoms in total. The van der Waals surface area contributed by atoms with Gasteiger partial charge in [0, 0.05) is 18.7 Å². The van der Waals surface area contributed by atoms with Crippen LogP contribution in [0.15, 0.2) is 60.0 Å². The number of carbonyl (C=O) groups is 1. The third kappa shape index (κ3) is 5.81. The van der Waals surface area contributed by atoms with Gasteiger partial charge in [-0.25, -0.2) is 22.8 Å². The van der Waals surface area contributed by atoms with Crippen LogP contribution in [-0.4, -0.2) is 35.6 Å². The molecule has 164 valence electrons. The molecule has 0 atom stereocenters. The van der Waals surface area contributed by atoms with Crippen LogP contribution in [0.1, 0.15) is 12.0 Å². The van der Waals surface area contributed by atoms with Crippen molar-refractivity contribution in [1.82, 2.24) is 19.5 Å². The molecule has 1 heterocycles. The van der Waals surface area contributed by atoms with Gasteiger partial charge >= 0.3 is 6.18 Å². The molecule has 0 saturated heterocycles. The van der Waals surface area contributed by atoms with Gasteiger partial charge in [0.05, 0.1) is 21.2 Å². The molecular weight excluding hydrogens is 459 g/mol. The predicted octanol–water partition coefficient (Wildman–Crippen LogP) is 3.25. The van der Waals surface area contributed by atoms with Gasteiger partial charge in [-0.15, -0.1) is 0 Å². The molecule has 0 unspecified atom stereocenters. The van der Waals surface area contributed by atoms with E-state index in [2.05, 4.69) is 20.1 Å². The van der Waals surface area contributed by atoms with E-state index in [1.165, 1.54) is 17.3 Å². The molecule has 0 saturated carbocycles. The second-order valence-corrected chi connectivity index (χ2v) is 8.40. The van der Waals surface area contributed by atoms with Crippen molar-refractivity contribution in [3.05, 3.63) is 65.7 Å². The summed E-state index contributed by atoms with van der Waals surface area (Å²) < 4.78 is 66.9. The Kier molecular flexibility index (Phi) is 6.62. The summed E-state index contributed by atoms with van der Waals surface area (Å²) in [4.78, 5) is 15.3. The number of rotatable bonds is 7. The maximum Gasteiger partial charge on any atom is 0.417 e. The first-order valence-electron chi connectivity index (χ1n) is 8.67. The van der Waals surface area contributed by atoms with E-state index in [-0.39, 0.29) is 13.0 Å². The quantitative estimate of drug-likeness (QED) is 0.548. The summed E-state index contributed by atoms with van der Waals surface area (Å²) >= 11 is 5.50. The van der Waals surface area contributed by atoms with Crippen LogP contribution in [-0.2, 0) is 21.0 Å². The molecule has 0 aliphatic carbocycles. The topological polar surface area (TPSA) is 106 Å². The second-order valence-electron chi connectivity index (χ2n) is 6.22. The zero-order valence-electron chi connectivity index (χ0n) is 15.6. The number of aromatic nitrogens is 3. The zero-order chi connectivity index (χ0) is 22.6. The summed E-state index contributed by atoms with van der Waals surface area (Å²) in [5.74, 6) is -0.483. The van der Waals surface area contributed by atoms with Crippen molar-refractivity contribution in [2.24, 2.45) is 0 Å². The van der Waals surface area contributed by atoms with E-state index in [4.69, 9.17) is 11.6 Å². The third-order valence-electron chi connectivity index (χ3n) is 4.03. The predicted molar refractivity (Wildman–Crippen MR) is 106 cm³/mol. The maximum atomic E-state index is 12.9. The number of nitrogens with one attached hydrogen (secondary N) is 2. The van der Waals surface area contributed by atoms with Crippen LogP contribution in [0.5, 0.6) is 0 Å². The Labute approximate surface area is 180 Å². The summed E-state index contributed by atoms with van der Waals surface area (Å²) in [7, 11) is -4.26. The maximum absolute atomic E-state index is 12.9. The van der Waals surface area contributed by atoms with E-state index in [1.54, 1.807) is 24.3 Å². The normalized spacial score (nSPS) is 12.0. The Morgan fingerprint density at radius 1 is 1.13 bits per heavy atom. The monoisotopic (exact) mass is 473 g/mol. The summed E-state index contributed by atoms with van der Waals surface area (Å²) in [6.45, 7) is -0.310. The molecule has 13 heteroatoms. The highest BCUT2D eigenvalue weighted by molar-refractivity contribution is 7.89. The summed E-state index contributed by atoms with van der Waals surface area (Å²) in [5, 5.41) is 5.95. The zero-order valence-corrected chi connectivity index (χ0v) is 17.2. The second kappa shape index (κ2) is 9.04. The van der Waals surface area contributed by atoms with Crippen molar-refractivity contribution in [1.29, 1.82) is 0 Å². The molecule has 2 N–H and O–H groups in total. The number of nitrogens with zero attached hydrogens (tertiary/aromatic N) is 3. The van der Waals surface area contributed by atoms with Gasteiger partial charge in [-0.2, -0.15) is 18.3 Å². The first-order chi connectivity index (χ1) is 14.6. The Balaban J connectivity index is 1.56. The molecule has 1 amide bonds. The van der Waals surface area contributed by atoms with Gasteiger partial charge in [0.2, 0.25) is 15.9 Å². The van der Waals surface area contributed by atoms with Gasteiger partial charge in [-0.1, -0.05) is 11.6 Å². The van der Waals surface area contributed by atoms with Crippen LogP contribution < -0.4 is 10.0 Å². The minimum Gasteiger partial charge on any atom is -0.326 e. The number of anilines is 1. The average Bonchev–Trinajstić information content (AvgIpc) is 3.22. The number of carbonyl (C=O) groups excluding carboxylic acids is 1. The fourth-order valence-corrected chi connectivity index (χ4v) is 3.82. The number of alkyl halides is 3. The van der Waals surface area contributed by atoms with Crippen LogP contribution in [0.3, 0.4) is 0 Å². The molecule has 3 rings (SSSR count). The molecule has 0 aliphatic rings. The summed E-state index contributed by atoms with van der Waals surface area (Å²) in [6, 6.07) is 8.92. The number of benzene rings is 2. The van der Waals surface area contributed by atoms with Crippen molar-refractivity contribution < 1.29 is 26.4 Å². The number of sulfonamides is 1. The lowest BCUT2D eigenvalue weighted by atomic mass is 10.2. The Hall–Kier alpha value is -2.96. The van der Waals surface area contributed by atoms with Gasteiger partial charge in [-0.3, -0.25) is 4.79 Å². The fourth-order valence-electron chi connectivity index (χ4n) is 2.53. The molecule has 1 aromatic heterocycles. The van der Waals surface area contributed by atoms with Crippen LogP contribution in [0.4, 0.5) is 18.9 Å². The van der Waals surface area contributed by atoms with Gasteiger partial charge in [0.15, 0.2) is 0 Å². The van der Waals surface area contributed by atoms with E-state index in [0.29, 0.717) is 11.8 Å². The van der Waals surface area contributed by atoms with Crippen molar-refractivity contribution in [2.45, 2.75) is 17.5 Å². The Morgan fingerprint density at radius 3 is 2.45 bits per heavy atom. The highest BCUT2D eigenvalue weighted by atomic mass is 35.5. The van der Waals surface area contributed by atoms with Crippen molar-refractivity contribution >= 4 is 33.2 Å². The molecule has 0 bridgehead atoms. The van der Waals surface area contributed by atoms with Crippen molar-refractivity contribution in [3.63, 3.8) is 0 Å². The summed E-state index contributed by atoms with van der Waals surface area (Å²) in [6.07, 6.45) is -2.14. The minimum absolute atomic E-state index is 0.232. The summed E-state index contributed by atoms with van der Waals surface area (Å²) in [5.41, 5.74) is -0.0576. The molecule has 0 aliphatic heterocycles. The lowest BCUT2D eigenvalue weighted by Crippen LogP contribution is -2.28. The first kappa shape index (κ1) is 22.7. The molecule has 0 fully saturated rings. The van der Waals surface area contributed by atoms with E-state index < -0.39 is 37.6 Å². The highest BCUT2D eigenvalue weighted by Gasteiger charge is 2.34. The van der Waals surface area contributed by atoms with Gasteiger partial charge in [-0.05, 0) is 42.5 Å². The number of hydrogen-bond donors (Lipinski definition) is 2. The molecular formula is C18H15ClF3N5O3S. The van der Waals surface area contributed by atoms with Gasteiger partial charge < -0.3 is 5.32 Å². The third-order valence-corrected chi connectivity index (χ3v) is 5.82. The van der Waals surface area contributed by atoms with Gasteiger partial charge in [0.1, 0.15) is 12.7 Å². The number of halogens is 4. The van der Waals surface area contributed by atoms with Crippen molar-refractivity contribution in [3.8, 4) is 5.69 Å². The largest absolute Gasteiger partial charge is 0.417 e. The SMILES string of the molecule is O=C(CCNS(=O)(=O)c1ccc(Cl)c(C(F)(F)F)c1)Nc1ccc(-n2cncn2)cc1. The number of amides is 1. The van der Waals surface area contributed by atoms with Crippen LogP contribution in [0, 0.1) is 0 Å². The highest BCUT2D eigenvalue weighted by Crippen LogP contribution is 2.35. The lowest BCUT2D eigenvalue weighted by Gasteiger charge is -2.12. The number of hydrogen-bond acceptors (Lipinski definition) is 5. The molecule has 31 heavy (non-hydrogen) atoms. The van der Waals surface area contributed by atoms with E-state index in [1.807, 2.05) is 0 Å². The van der Waals surface area contributed by atoms with E-state index >= 15 is 0 Å². The van der Waals surface area contributed by atoms with Crippen LogP contribution in [0.2, 0.25) is 5.02 Å². The molecule has 2 aromatic carbocycles. The van der Waals surface area contributed by atoms with Crippen molar-refractivity contribution in [2.75, 3.05) is 11.9 Å². The van der Waals surface area contributed by atoms with Gasteiger partial charge in [0.25, 0.3) is 0 Å². The lowest BCUT2D eigenvalue weighted by molar-refractivity contribution is -0.137. The average molecular weight is 474 g/mol. The molecule has 0 radical (unpaired) electrons. The fraction of sp³-hybridized carbons (Fsp3) is 0.167. The van der Waals surface area contributed by atoms with E-state index in [9.17, 15) is 26.4 Å². The standard InChI is InChI=1S/C18H15ClF3N5O3S/c19-16-6-5-14(9-15(16)18(20,21)22)31(29,30)25-8-7-17(28)26-12-1-3-13(4-2-12)27-11-23-10-24-27/h1-6,9-11,25H,7-8H2,(H,26,28). The Bertz CT molecular complexity index is 1170. The Morgan fingerprint density at radius 2 is 1.84 bits per heavy atom.